The second-order valence-electron chi connectivity index (χ2n) is 4.95. The summed E-state index contributed by atoms with van der Waals surface area (Å²) in [6.45, 7) is 3.63. The van der Waals surface area contributed by atoms with Crippen LogP contribution < -0.4 is 0 Å². The van der Waals surface area contributed by atoms with Crippen LogP contribution in [0.25, 0.3) is 6.08 Å². The predicted molar refractivity (Wildman–Crippen MR) is 94.5 cm³/mol. The first kappa shape index (κ1) is 18.4. The quantitative estimate of drug-likeness (QED) is 0.388. The van der Waals surface area contributed by atoms with Gasteiger partial charge < -0.3 is 4.74 Å². The minimum absolute atomic E-state index is 0.0341. The number of thiol groups is 1. The Hall–Kier alpha value is -1.66. The maximum absolute atomic E-state index is 12.4. The zero-order valence-electron chi connectivity index (χ0n) is 12.7. The summed E-state index contributed by atoms with van der Waals surface area (Å²) in [6.07, 6.45) is 3.03. The van der Waals surface area contributed by atoms with E-state index in [1.54, 1.807) is 6.08 Å². The Balaban J connectivity index is 3.03. The lowest BCUT2D eigenvalue weighted by Crippen LogP contribution is -2.49. The molecule has 1 aromatic rings. The highest BCUT2D eigenvalue weighted by Crippen LogP contribution is 2.16. The number of esters is 1. The minimum Gasteiger partial charge on any atom is -0.467 e. The van der Waals surface area contributed by atoms with Crippen LogP contribution >= 0.6 is 24.8 Å². The van der Waals surface area contributed by atoms with Gasteiger partial charge in [-0.25, -0.2) is 4.79 Å². The molecule has 4 nitrogen and oxygen atoms in total. The summed E-state index contributed by atoms with van der Waals surface area (Å²) >= 11 is 9.09. The van der Waals surface area contributed by atoms with Crippen molar-refractivity contribution >= 4 is 47.1 Å². The molecule has 0 bridgehead atoms. The van der Waals surface area contributed by atoms with E-state index in [4.69, 9.17) is 17.0 Å². The molecule has 0 N–H and O–H groups in total. The first-order valence-electron chi connectivity index (χ1n) is 6.75. The van der Waals surface area contributed by atoms with Crippen LogP contribution in [0.1, 0.15) is 19.4 Å². The molecule has 22 heavy (non-hydrogen) atoms. The van der Waals surface area contributed by atoms with Crippen molar-refractivity contribution in [1.82, 2.24) is 4.90 Å². The molecule has 0 spiro atoms. The van der Waals surface area contributed by atoms with Crippen molar-refractivity contribution < 1.29 is 14.3 Å². The van der Waals surface area contributed by atoms with Crippen LogP contribution in [0.3, 0.4) is 0 Å². The van der Waals surface area contributed by atoms with Crippen LogP contribution in [0.2, 0.25) is 0 Å². The summed E-state index contributed by atoms with van der Waals surface area (Å²) in [5.74, 6) is -1.09. The number of hydrogen-bond acceptors (Lipinski definition) is 4. The molecule has 118 valence electrons. The van der Waals surface area contributed by atoms with Gasteiger partial charge in [-0.1, -0.05) is 56.4 Å². The maximum Gasteiger partial charge on any atom is 0.329 e. The fourth-order valence-corrected chi connectivity index (χ4v) is 2.39. The van der Waals surface area contributed by atoms with E-state index < -0.39 is 17.9 Å². The molecule has 0 heterocycles. The lowest BCUT2D eigenvalue weighted by molar-refractivity contribution is -0.150. The monoisotopic (exact) mass is 337 g/mol. The molecule has 0 aliphatic rings. The van der Waals surface area contributed by atoms with Crippen molar-refractivity contribution in [2.24, 2.45) is 5.92 Å². The van der Waals surface area contributed by atoms with Gasteiger partial charge in [0.15, 0.2) is 0 Å². The highest BCUT2D eigenvalue weighted by Gasteiger charge is 2.34. The topological polar surface area (TPSA) is 46.6 Å². The Morgan fingerprint density at radius 2 is 1.86 bits per heavy atom. The summed E-state index contributed by atoms with van der Waals surface area (Å²) in [7, 11) is 1.28. The molecule has 6 heteroatoms. The van der Waals surface area contributed by atoms with E-state index in [0.29, 0.717) is 0 Å². The Bertz CT molecular complexity index is 570. The second-order valence-corrected chi connectivity index (χ2v) is 6.06. The Morgan fingerprint density at radius 3 is 2.32 bits per heavy atom. The van der Waals surface area contributed by atoms with Crippen LogP contribution in [0.4, 0.5) is 0 Å². The fourth-order valence-electron chi connectivity index (χ4n) is 1.96. The van der Waals surface area contributed by atoms with Gasteiger partial charge in [0, 0.05) is 6.08 Å². The van der Waals surface area contributed by atoms with Gasteiger partial charge in [0.1, 0.15) is 10.4 Å². The van der Waals surface area contributed by atoms with Crippen molar-refractivity contribution in [3.05, 3.63) is 42.0 Å². The van der Waals surface area contributed by atoms with E-state index in [0.717, 1.165) is 5.56 Å². The lowest BCUT2D eigenvalue weighted by atomic mass is 10.0. The molecule has 0 saturated carbocycles. The summed E-state index contributed by atoms with van der Waals surface area (Å²) in [5, 5.41) is 0. The SMILES string of the molecule is COC(=O)C(C(C)C)N(C(=O)/C=C/c1ccccc1)C(=S)S. The standard InChI is InChI=1S/C16H19NO3S2/c1-11(2)14(15(19)20-3)17(16(21)22)13(18)10-9-12-7-5-4-6-8-12/h4-11,14H,1-3H3,(H,21,22)/b10-9+. The maximum atomic E-state index is 12.4. The third-order valence-electron chi connectivity index (χ3n) is 3.01. The zero-order valence-corrected chi connectivity index (χ0v) is 14.4. The molecule has 0 aliphatic carbocycles. The number of nitrogens with zero attached hydrogens (tertiary/aromatic N) is 1. The molecule has 0 aliphatic heterocycles. The summed E-state index contributed by atoms with van der Waals surface area (Å²) in [4.78, 5) is 25.5. The van der Waals surface area contributed by atoms with Crippen molar-refractivity contribution in [3.8, 4) is 0 Å². The number of benzene rings is 1. The number of ether oxygens (including phenoxy) is 1. The molecule has 0 saturated heterocycles. The van der Waals surface area contributed by atoms with Gasteiger partial charge in [-0.2, -0.15) is 0 Å². The average molecular weight is 337 g/mol. The van der Waals surface area contributed by atoms with Crippen molar-refractivity contribution in [1.29, 1.82) is 0 Å². The zero-order chi connectivity index (χ0) is 16.7. The number of rotatable bonds is 5. The molecule has 1 unspecified atom stereocenters. The van der Waals surface area contributed by atoms with E-state index in [1.165, 1.54) is 18.1 Å². The van der Waals surface area contributed by atoms with E-state index in [-0.39, 0.29) is 10.2 Å². The van der Waals surface area contributed by atoms with Crippen LogP contribution in [-0.4, -0.2) is 34.2 Å². The fraction of sp³-hybridized carbons (Fsp3) is 0.312. The Kier molecular flexibility index (Phi) is 7.27. The molecule has 1 atom stereocenters. The summed E-state index contributed by atoms with van der Waals surface area (Å²) < 4.78 is 4.80. The van der Waals surface area contributed by atoms with Gasteiger partial charge in [-0.3, -0.25) is 9.69 Å². The first-order chi connectivity index (χ1) is 10.4. The number of carbonyl (C=O) groups is 2. The van der Waals surface area contributed by atoms with E-state index in [9.17, 15) is 9.59 Å². The molecule has 0 aromatic heterocycles. The van der Waals surface area contributed by atoms with Gasteiger partial charge in [-0.05, 0) is 17.6 Å². The molecular formula is C16H19NO3S2. The van der Waals surface area contributed by atoms with E-state index in [2.05, 4.69) is 12.6 Å². The van der Waals surface area contributed by atoms with Gasteiger partial charge in [0.25, 0.3) is 5.91 Å². The highest BCUT2D eigenvalue weighted by atomic mass is 32.1. The normalized spacial score (nSPS) is 12.2. The van der Waals surface area contributed by atoms with Gasteiger partial charge in [0.05, 0.1) is 7.11 Å². The third-order valence-corrected chi connectivity index (χ3v) is 3.43. The van der Waals surface area contributed by atoms with Crippen LogP contribution in [0, 0.1) is 5.92 Å². The van der Waals surface area contributed by atoms with Crippen LogP contribution in [0.15, 0.2) is 36.4 Å². The summed E-state index contributed by atoms with van der Waals surface area (Å²) in [5.41, 5.74) is 0.875. The third kappa shape index (κ3) is 4.96. The van der Waals surface area contributed by atoms with E-state index in [1.807, 2.05) is 44.2 Å². The number of methoxy groups -OCH3 is 1. The summed E-state index contributed by atoms with van der Waals surface area (Å²) in [6, 6.07) is 8.57. The Labute approximate surface area is 141 Å². The van der Waals surface area contributed by atoms with Crippen molar-refractivity contribution in [2.45, 2.75) is 19.9 Å². The largest absolute Gasteiger partial charge is 0.467 e. The van der Waals surface area contributed by atoms with Crippen LogP contribution in [0.5, 0.6) is 0 Å². The molecule has 0 radical (unpaired) electrons. The number of hydrogen-bond donors (Lipinski definition) is 1. The smallest absolute Gasteiger partial charge is 0.329 e. The average Bonchev–Trinajstić information content (AvgIpc) is 2.49. The minimum atomic E-state index is -0.803. The number of amides is 1. The van der Waals surface area contributed by atoms with Gasteiger partial charge >= 0.3 is 5.97 Å². The van der Waals surface area contributed by atoms with Gasteiger partial charge in [-0.15, -0.1) is 12.6 Å². The van der Waals surface area contributed by atoms with Crippen LogP contribution in [-0.2, 0) is 14.3 Å². The second kappa shape index (κ2) is 8.70. The Morgan fingerprint density at radius 1 is 1.27 bits per heavy atom. The highest BCUT2D eigenvalue weighted by molar-refractivity contribution is 8.11. The molecule has 1 aromatic carbocycles. The molecule has 1 rings (SSSR count). The predicted octanol–water partition coefficient (Wildman–Crippen LogP) is 2.94. The van der Waals surface area contributed by atoms with Crippen molar-refractivity contribution in [3.63, 3.8) is 0 Å². The number of carbonyl (C=O) groups excluding carboxylic acids is 2. The first-order valence-corrected chi connectivity index (χ1v) is 7.61. The molecule has 1 amide bonds. The van der Waals surface area contributed by atoms with E-state index >= 15 is 0 Å². The lowest BCUT2D eigenvalue weighted by Gasteiger charge is -2.30. The molecular weight excluding hydrogens is 318 g/mol. The molecule has 0 fully saturated rings. The van der Waals surface area contributed by atoms with Gasteiger partial charge in [0.2, 0.25) is 0 Å². The van der Waals surface area contributed by atoms with Crippen molar-refractivity contribution in [2.75, 3.05) is 7.11 Å². The number of thiocarbonyl (C=S) groups is 1.